The Morgan fingerprint density at radius 1 is 1.21 bits per heavy atom. The molecule has 3 N–H and O–H groups in total. The molecule has 1 aromatic rings. The Balaban J connectivity index is 1.43. The summed E-state index contributed by atoms with van der Waals surface area (Å²) in [5.74, 6) is 1.13. The maximum atomic E-state index is 12.3. The minimum absolute atomic E-state index is 0.210. The van der Waals surface area contributed by atoms with Crippen LogP contribution in [-0.2, 0) is 4.79 Å². The third-order valence-corrected chi connectivity index (χ3v) is 5.55. The molecule has 2 aliphatic rings. The van der Waals surface area contributed by atoms with Crippen molar-refractivity contribution in [2.45, 2.75) is 38.6 Å². The van der Waals surface area contributed by atoms with Crippen molar-refractivity contribution in [3.63, 3.8) is 0 Å². The predicted octanol–water partition coefficient (Wildman–Crippen LogP) is 0.792. The molecule has 24 heavy (non-hydrogen) atoms. The minimum atomic E-state index is 0.210. The average molecular weight is 332 g/mol. The second kappa shape index (κ2) is 7.88. The fourth-order valence-electron chi connectivity index (χ4n) is 3.94. The van der Waals surface area contributed by atoms with Crippen molar-refractivity contribution in [2.75, 3.05) is 37.6 Å². The van der Waals surface area contributed by atoms with Gasteiger partial charge in [-0.15, -0.1) is 0 Å². The number of amides is 1. The van der Waals surface area contributed by atoms with Crippen molar-refractivity contribution in [1.82, 2.24) is 5.32 Å². The molecule has 3 rings (SSSR count). The zero-order valence-corrected chi connectivity index (χ0v) is 14.6. The molecule has 1 saturated heterocycles. The van der Waals surface area contributed by atoms with Gasteiger partial charge in [0.15, 0.2) is 6.54 Å². The number of phenolic OH excluding ortho intramolecular Hbond substituents is 1. The van der Waals surface area contributed by atoms with Crippen LogP contribution in [0.3, 0.4) is 0 Å². The van der Waals surface area contributed by atoms with Crippen LogP contribution in [0, 0.1) is 5.92 Å². The summed E-state index contributed by atoms with van der Waals surface area (Å²) in [6.07, 6.45) is 4.92. The van der Waals surface area contributed by atoms with E-state index in [0.717, 1.165) is 38.3 Å². The molecule has 0 aromatic heterocycles. The summed E-state index contributed by atoms with van der Waals surface area (Å²) in [6, 6.07) is 7.75. The Morgan fingerprint density at radius 2 is 1.88 bits per heavy atom. The number of rotatable bonds is 4. The zero-order chi connectivity index (χ0) is 16.9. The molecule has 0 spiro atoms. The highest BCUT2D eigenvalue weighted by molar-refractivity contribution is 5.77. The molecule has 132 valence electrons. The van der Waals surface area contributed by atoms with E-state index >= 15 is 0 Å². The Morgan fingerprint density at radius 3 is 2.54 bits per heavy atom. The number of carbonyl (C=O) groups is 1. The van der Waals surface area contributed by atoms with Crippen LogP contribution in [0.5, 0.6) is 5.75 Å². The van der Waals surface area contributed by atoms with E-state index in [-0.39, 0.29) is 5.91 Å². The van der Waals surface area contributed by atoms with Gasteiger partial charge in [-0.3, -0.25) is 4.79 Å². The van der Waals surface area contributed by atoms with Gasteiger partial charge < -0.3 is 20.2 Å². The van der Waals surface area contributed by atoms with Gasteiger partial charge in [-0.25, -0.2) is 0 Å². The SMILES string of the molecule is C[C@@H]1CCCC[C@@H]1NC(=O)C[NH+]1CCN(c2ccc(O)cc2)CC1. The van der Waals surface area contributed by atoms with E-state index in [1.54, 1.807) is 12.1 Å². The zero-order valence-electron chi connectivity index (χ0n) is 14.6. The van der Waals surface area contributed by atoms with E-state index < -0.39 is 0 Å². The van der Waals surface area contributed by atoms with Gasteiger partial charge in [-0.05, 0) is 43.0 Å². The number of phenols is 1. The lowest BCUT2D eigenvalue weighted by Crippen LogP contribution is -3.16. The van der Waals surface area contributed by atoms with E-state index in [1.807, 2.05) is 12.1 Å². The molecular formula is C19H30N3O2+. The van der Waals surface area contributed by atoms with Crippen molar-refractivity contribution in [3.8, 4) is 5.75 Å². The Hall–Kier alpha value is -1.75. The van der Waals surface area contributed by atoms with Crippen LogP contribution in [0.1, 0.15) is 32.6 Å². The Bertz CT molecular complexity index is 538. The number of quaternary nitrogens is 1. The summed E-state index contributed by atoms with van der Waals surface area (Å²) in [7, 11) is 0. The quantitative estimate of drug-likeness (QED) is 0.764. The van der Waals surface area contributed by atoms with Crippen molar-refractivity contribution in [2.24, 2.45) is 5.92 Å². The first-order valence-electron chi connectivity index (χ1n) is 9.29. The van der Waals surface area contributed by atoms with Crippen molar-refractivity contribution < 1.29 is 14.8 Å². The number of aromatic hydroxyl groups is 1. The van der Waals surface area contributed by atoms with Gasteiger partial charge in [0.1, 0.15) is 5.75 Å². The number of benzene rings is 1. The van der Waals surface area contributed by atoms with Crippen LogP contribution in [0.15, 0.2) is 24.3 Å². The normalized spacial score (nSPS) is 25.5. The molecule has 1 aliphatic heterocycles. The molecule has 1 aromatic carbocycles. The number of piperazine rings is 1. The highest BCUT2D eigenvalue weighted by atomic mass is 16.3. The second-order valence-electron chi connectivity index (χ2n) is 7.37. The summed E-state index contributed by atoms with van der Waals surface area (Å²) < 4.78 is 0. The third kappa shape index (κ3) is 4.41. The smallest absolute Gasteiger partial charge is 0.275 e. The first kappa shape index (κ1) is 17.1. The second-order valence-corrected chi connectivity index (χ2v) is 7.37. The molecule has 5 heteroatoms. The van der Waals surface area contributed by atoms with Gasteiger partial charge in [0.25, 0.3) is 5.91 Å². The molecule has 1 saturated carbocycles. The third-order valence-electron chi connectivity index (χ3n) is 5.55. The number of carbonyl (C=O) groups excluding carboxylic acids is 1. The van der Waals surface area contributed by atoms with Crippen LogP contribution in [0.4, 0.5) is 5.69 Å². The molecule has 1 heterocycles. The van der Waals surface area contributed by atoms with E-state index in [1.165, 1.54) is 24.2 Å². The van der Waals surface area contributed by atoms with Crippen LogP contribution in [0.2, 0.25) is 0 Å². The predicted molar refractivity (Wildman–Crippen MR) is 95.4 cm³/mol. The van der Waals surface area contributed by atoms with Gasteiger partial charge in [-0.1, -0.05) is 19.8 Å². The molecule has 5 nitrogen and oxygen atoms in total. The van der Waals surface area contributed by atoms with Gasteiger partial charge in [0, 0.05) is 11.7 Å². The highest BCUT2D eigenvalue weighted by Gasteiger charge is 2.26. The molecule has 0 bridgehead atoms. The average Bonchev–Trinajstić information content (AvgIpc) is 2.58. The van der Waals surface area contributed by atoms with Crippen LogP contribution >= 0.6 is 0 Å². The summed E-state index contributed by atoms with van der Waals surface area (Å²) in [4.78, 5) is 16.0. The summed E-state index contributed by atoms with van der Waals surface area (Å²) in [6.45, 7) is 6.71. The number of nitrogens with one attached hydrogen (secondary N) is 2. The van der Waals surface area contributed by atoms with E-state index in [9.17, 15) is 9.90 Å². The van der Waals surface area contributed by atoms with Crippen molar-refractivity contribution in [1.29, 1.82) is 0 Å². The monoisotopic (exact) mass is 332 g/mol. The van der Waals surface area contributed by atoms with Crippen molar-refractivity contribution >= 4 is 11.6 Å². The maximum Gasteiger partial charge on any atom is 0.275 e. The molecule has 2 atom stereocenters. The number of nitrogens with zero attached hydrogens (tertiary/aromatic N) is 1. The molecule has 1 aliphatic carbocycles. The highest BCUT2D eigenvalue weighted by Crippen LogP contribution is 2.23. The van der Waals surface area contributed by atoms with Crippen molar-refractivity contribution in [3.05, 3.63) is 24.3 Å². The molecule has 2 fully saturated rings. The van der Waals surface area contributed by atoms with E-state index in [0.29, 0.717) is 24.3 Å². The molecule has 1 amide bonds. The Labute approximate surface area is 144 Å². The van der Waals surface area contributed by atoms with Gasteiger partial charge >= 0.3 is 0 Å². The fourth-order valence-corrected chi connectivity index (χ4v) is 3.94. The number of hydrogen-bond acceptors (Lipinski definition) is 3. The van der Waals surface area contributed by atoms with Gasteiger partial charge in [0.05, 0.1) is 26.2 Å². The van der Waals surface area contributed by atoms with Gasteiger partial charge in [0.2, 0.25) is 0 Å². The largest absolute Gasteiger partial charge is 0.508 e. The molecule has 0 unspecified atom stereocenters. The van der Waals surface area contributed by atoms with Crippen LogP contribution in [0.25, 0.3) is 0 Å². The maximum absolute atomic E-state index is 12.3. The summed E-state index contributed by atoms with van der Waals surface area (Å²) in [5, 5.41) is 12.6. The fraction of sp³-hybridized carbons (Fsp3) is 0.632. The summed E-state index contributed by atoms with van der Waals surface area (Å²) >= 11 is 0. The standard InChI is InChI=1S/C19H29N3O2/c1-15-4-2-3-5-18(15)20-19(24)14-21-10-12-22(13-11-21)16-6-8-17(23)9-7-16/h6-9,15,18,23H,2-5,10-14H2,1H3,(H,20,24)/p+1/t15-,18+/m1/s1. The summed E-state index contributed by atoms with van der Waals surface area (Å²) in [5.41, 5.74) is 1.15. The number of hydrogen-bond donors (Lipinski definition) is 3. The lowest BCUT2D eigenvalue weighted by Gasteiger charge is -2.34. The topological polar surface area (TPSA) is 57.0 Å². The lowest BCUT2D eigenvalue weighted by molar-refractivity contribution is -0.892. The molecule has 0 radical (unpaired) electrons. The Kier molecular flexibility index (Phi) is 5.61. The van der Waals surface area contributed by atoms with E-state index in [4.69, 9.17) is 0 Å². The van der Waals surface area contributed by atoms with Crippen LogP contribution < -0.4 is 15.1 Å². The van der Waals surface area contributed by atoms with Gasteiger partial charge in [-0.2, -0.15) is 0 Å². The first-order valence-corrected chi connectivity index (χ1v) is 9.29. The van der Waals surface area contributed by atoms with Crippen LogP contribution in [-0.4, -0.2) is 49.8 Å². The first-order chi connectivity index (χ1) is 11.6. The van der Waals surface area contributed by atoms with E-state index in [2.05, 4.69) is 17.1 Å². The minimum Gasteiger partial charge on any atom is -0.508 e. The lowest BCUT2D eigenvalue weighted by atomic mass is 9.86. The molecular weight excluding hydrogens is 302 g/mol. The number of anilines is 1.